The molecule has 1 aliphatic heterocycles. The van der Waals surface area contributed by atoms with Crippen LogP contribution >= 0.6 is 11.6 Å². The molecule has 0 aromatic carbocycles. The number of imidazole rings is 1. The highest BCUT2D eigenvalue weighted by atomic mass is 35.5. The molecule has 0 radical (unpaired) electrons. The van der Waals surface area contributed by atoms with Gasteiger partial charge in [0.2, 0.25) is 5.82 Å². The Hall–Kier alpha value is -2.48. The SMILES string of the molecule is CC(C)(C)CNC(=O)c1ncn2c1CN(C(=O)c1ncc(Cl)cn1)CCC2. The summed E-state index contributed by atoms with van der Waals surface area (Å²) in [6.45, 7) is 8.21. The Morgan fingerprint density at radius 1 is 1.19 bits per heavy atom. The minimum absolute atomic E-state index is 0.0275. The molecule has 0 bridgehead atoms. The normalized spacial score (nSPS) is 14.4. The fourth-order valence-electron chi connectivity index (χ4n) is 2.81. The summed E-state index contributed by atoms with van der Waals surface area (Å²) in [6.07, 6.45) is 5.21. The van der Waals surface area contributed by atoms with Gasteiger partial charge in [0.05, 0.1) is 23.6 Å². The Morgan fingerprint density at radius 2 is 1.89 bits per heavy atom. The molecule has 0 saturated heterocycles. The molecule has 2 aromatic rings. The lowest BCUT2D eigenvalue weighted by atomic mass is 9.97. The number of halogens is 1. The average Bonchev–Trinajstić information content (AvgIpc) is 2.89. The second-order valence-corrected chi connectivity index (χ2v) is 8.22. The molecule has 2 amide bonds. The summed E-state index contributed by atoms with van der Waals surface area (Å²) < 4.78 is 1.93. The summed E-state index contributed by atoms with van der Waals surface area (Å²) in [4.78, 5) is 39.3. The highest BCUT2D eigenvalue weighted by Gasteiger charge is 2.27. The molecule has 144 valence electrons. The van der Waals surface area contributed by atoms with Crippen LogP contribution in [0, 0.1) is 5.41 Å². The van der Waals surface area contributed by atoms with Crippen LogP contribution in [0.15, 0.2) is 18.7 Å². The van der Waals surface area contributed by atoms with E-state index in [4.69, 9.17) is 11.6 Å². The van der Waals surface area contributed by atoms with Gasteiger partial charge in [-0.3, -0.25) is 9.59 Å². The molecule has 0 spiro atoms. The van der Waals surface area contributed by atoms with E-state index in [9.17, 15) is 9.59 Å². The number of aromatic nitrogens is 4. The van der Waals surface area contributed by atoms with Crippen molar-refractivity contribution in [2.75, 3.05) is 13.1 Å². The van der Waals surface area contributed by atoms with E-state index >= 15 is 0 Å². The third kappa shape index (κ3) is 4.63. The lowest BCUT2D eigenvalue weighted by Crippen LogP contribution is -2.35. The first-order valence-electron chi connectivity index (χ1n) is 8.83. The van der Waals surface area contributed by atoms with Crippen molar-refractivity contribution < 1.29 is 9.59 Å². The number of amides is 2. The van der Waals surface area contributed by atoms with Crippen LogP contribution in [-0.2, 0) is 13.1 Å². The molecule has 9 heteroatoms. The Balaban J connectivity index is 1.80. The van der Waals surface area contributed by atoms with Crippen LogP contribution in [0.3, 0.4) is 0 Å². The summed E-state index contributed by atoms with van der Waals surface area (Å²) in [6, 6.07) is 0. The number of carbonyl (C=O) groups is 2. The summed E-state index contributed by atoms with van der Waals surface area (Å²) in [5, 5.41) is 3.29. The average molecular weight is 391 g/mol. The van der Waals surface area contributed by atoms with Crippen LogP contribution < -0.4 is 5.32 Å². The van der Waals surface area contributed by atoms with Gasteiger partial charge in [0.1, 0.15) is 0 Å². The maximum Gasteiger partial charge on any atom is 0.292 e. The molecule has 8 nitrogen and oxygen atoms in total. The maximum absolute atomic E-state index is 12.8. The number of nitrogens with one attached hydrogen (secondary N) is 1. The summed E-state index contributed by atoms with van der Waals surface area (Å²) in [7, 11) is 0. The van der Waals surface area contributed by atoms with Gasteiger partial charge in [-0.05, 0) is 11.8 Å². The highest BCUT2D eigenvalue weighted by Crippen LogP contribution is 2.18. The van der Waals surface area contributed by atoms with Crippen molar-refractivity contribution in [3.63, 3.8) is 0 Å². The summed E-state index contributed by atoms with van der Waals surface area (Å²) in [5.74, 6) is -0.427. The van der Waals surface area contributed by atoms with E-state index < -0.39 is 0 Å². The lowest BCUT2D eigenvalue weighted by molar-refractivity contribution is 0.0730. The Morgan fingerprint density at radius 3 is 2.56 bits per heavy atom. The van der Waals surface area contributed by atoms with E-state index in [1.807, 2.05) is 25.3 Å². The second kappa shape index (κ2) is 7.64. The summed E-state index contributed by atoms with van der Waals surface area (Å²) in [5.41, 5.74) is 1.05. The van der Waals surface area contributed by atoms with Gasteiger partial charge >= 0.3 is 0 Å². The largest absolute Gasteiger partial charge is 0.350 e. The first kappa shape index (κ1) is 19.3. The van der Waals surface area contributed by atoms with Crippen molar-refractivity contribution in [2.24, 2.45) is 5.41 Å². The molecule has 0 aliphatic carbocycles. The van der Waals surface area contributed by atoms with Crippen LogP contribution in [0.2, 0.25) is 5.02 Å². The van der Waals surface area contributed by atoms with E-state index in [0.717, 1.165) is 12.1 Å². The fraction of sp³-hybridized carbons (Fsp3) is 0.500. The van der Waals surface area contributed by atoms with Crippen LogP contribution in [0.1, 0.15) is 54.0 Å². The molecule has 0 fully saturated rings. The standard InChI is InChI=1S/C18H23ClN6O2/c1-18(2,3)10-22-16(26)14-13-9-24(5-4-6-25(13)11-23-14)17(27)15-20-7-12(19)8-21-15/h7-8,11H,4-6,9-10H2,1-3H3,(H,22,26). The zero-order valence-corrected chi connectivity index (χ0v) is 16.5. The minimum atomic E-state index is -0.289. The van der Waals surface area contributed by atoms with Gasteiger partial charge in [0, 0.05) is 32.0 Å². The van der Waals surface area contributed by atoms with E-state index in [-0.39, 0.29) is 29.6 Å². The number of aryl methyl sites for hydroxylation is 1. The van der Waals surface area contributed by atoms with Gasteiger partial charge in [0.15, 0.2) is 5.69 Å². The molecule has 3 rings (SSSR count). The molecule has 1 N–H and O–H groups in total. The van der Waals surface area contributed by atoms with Crippen LogP contribution in [-0.4, -0.2) is 49.3 Å². The first-order valence-corrected chi connectivity index (χ1v) is 9.21. The number of carbonyl (C=O) groups excluding carboxylic acids is 2. The highest BCUT2D eigenvalue weighted by molar-refractivity contribution is 6.30. The van der Waals surface area contributed by atoms with Gasteiger partial charge in [-0.25, -0.2) is 15.0 Å². The Kier molecular flexibility index (Phi) is 5.46. The van der Waals surface area contributed by atoms with Crippen LogP contribution in [0.4, 0.5) is 0 Å². The van der Waals surface area contributed by atoms with Gasteiger partial charge in [0.25, 0.3) is 11.8 Å². The number of rotatable bonds is 3. The van der Waals surface area contributed by atoms with Crippen LogP contribution in [0.25, 0.3) is 0 Å². The van der Waals surface area contributed by atoms with Crippen molar-refractivity contribution in [3.05, 3.63) is 41.0 Å². The maximum atomic E-state index is 12.8. The topological polar surface area (TPSA) is 93.0 Å². The minimum Gasteiger partial charge on any atom is -0.350 e. The number of fused-ring (bicyclic) bond motifs is 1. The van der Waals surface area contributed by atoms with E-state index in [2.05, 4.69) is 20.3 Å². The molecule has 2 aromatic heterocycles. The molecule has 0 saturated carbocycles. The van der Waals surface area contributed by atoms with E-state index in [1.165, 1.54) is 12.4 Å². The molecular formula is C18H23ClN6O2. The van der Waals surface area contributed by atoms with Crippen molar-refractivity contribution in [1.82, 2.24) is 29.7 Å². The molecule has 1 aliphatic rings. The van der Waals surface area contributed by atoms with Crippen LogP contribution in [0.5, 0.6) is 0 Å². The third-order valence-electron chi connectivity index (χ3n) is 4.21. The molecule has 27 heavy (non-hydrogen) atoms. The molecular weight excluding hydrogens is 368 g/mol. The predicted molar refractivity (Wildman–Crippen MR) is 100 cm³/mol. The molecule has 0 atom stereocenters. The lowest BCUT2D eigenvalue weighted by Gasteiger charge is -2.20. The quantitative estimate of drug-likeness (QED) is 0.866. The van der Waals surface area contributed by atoms with E-state index in [1.54, 1.807) is 11.2 Å². The third-order valence-corrected chi connectivity index (χ3v) is 4.40. The van der Waals surface area contributed by atoms with Gasteiger partial charge in [-0.2, -0.15) is 0 Å². The van der Waals surface area contributed by atoms with Gasteiger partial charge in [-0.1, -0.05) is 32.4 Å². The zero-order valence-electron chi connectivity index (χ0n) is 15.7. The van der Waals surface area contributed by atoms with Crippen molar-refractivity contribution >= 4 is 23.4 Å². The monoisotopic (exact) mass is 390 g/mol. The Labute approximate surface area is 163 Å². The van der Waals surface area contributed by atoms with Gasteiger partial charge in [-0.15, -0.1) is 0 Å². The van der Waals surface area contributed by atoms with Crippen molar-refractivity contribution in [2.45, 2.75) is 40.3 Å². The van der Waals surface area contributed by atoms with Crippen molar-refractivity contribution in [1.29, 1.82) is 0 Å². The number of nitrogens with zero attached hydrogens (tertiary/aromatic N) is 5. The molecule has 0 unspecified atom stereocenters. The number of hydrogen-bond acceptors (Lipinski definition) is 5. The predicted octanol–water partition coefficient (Wildman–Crippen LogP) is 2.15. The summed E-state index contributed by atoms with van der Waals surface area (Å²) >= 11 is 5.79. The smallest absolute Gasteiger partial charge is 0.292 e. The first-order chi connectivity index (χ1) is 12.7. The van der Waals surface area contributed by atoms with Gasteiger partial charge < -0.3 is 14.8 Å². The zero-order chi connectivity index (χ0) is 19.6. The Bertz CT molecular complexity index is 841. The fourth-order valence-corrected chi connectivity index (χ4v) is 2.91. The number of hydrogen-bond donors (Lipinski definition) is 1. The van der Waals surface area contributed by atoms with Crippen molar-refractivity contribution in [3.8, 4) is 0 Å². The molecule has 3 heterocycles. The second-order valence-electron chi connectivity index (χ2n) is 7.78. The van der Waals surface area contributed by atoms with E-state index in [0.29, 0.717) is 30.4 Å².